The fourth-order valence-corrected chi connectivity index (χ4v) is 4.12. The minimum Gasteiger partial charge on any atom is -0.357 e. The third kappa shape index (κ3) is 13.1. The fraction of sp³-hybridized carbons (Fsp3) is 0.650. The fourth-order valence-electron chi connectivity index (χ4n) is 2.70. The molecule has 0 amide bonds. The minimum atomic E-state index is -3.09. The predicted octanol–water partition coefficient (Wildman–Crippen LogP) is 4.13. The molecule has 1 aromatic rings. The Morgan fingerprint density at radius 3 is 2.44 bits per heavy atom. The summed E-state index contributed by atoms with van der Waals surface area (Å²) in [6, 6.07) is 9.69. The third-order valence-electron chi connectivity index (χ3n) is 4.08. The van der Waals surface area contributed by atoms with E-state index in [1.54, 1.807) is 0 Å². The molecule has 0 heterocycles. The van der Waals surface area contributed by atoms with Gasteiger partial charge < -0.3 is 10.6 Å². The number of halogens is 1. The van der Waals surface area contributed by atoms with Crippen LogP contribution in [0.5, 0.6) is 0 Å². The van der Waals surface area contributed by atoms with Crippen LogP contribution in [0.2, 0.25) is 0 Å². The zero-order chi connectivity index (χ0) is 19.3. The summed E-state index contributed by atoms with van der Waals surface area (Å²) in [5, 5.41) is 6.63. The summed E-state index contributed by atoms with van der Waals surface area (Å²) in [6.07, 6.45) is 5.33. The summed E-state index contributed by atoms with van der Waals surface area (Å²) in [5.74, 6) is 1.04. The summed E-state index contributed by atoms with van der Waals surface area (Å²) in [5.41, 5.74) is 0.840. The van der Waals surface area contributed by atoms with Gasteiger partial charge in [0.05, 0.1) is 11.5 Å². The molecule has 1 aromatic carbocycles. The van der Waals surface area contributed by atoms with E-state index in [2.05, 4.69) is 29.5 Å². The van der Waals surface area contributed by atoms with Crippen molar-refractivity contribution < 1.29 is 8.42 Å². The number of sulfone groups is 1. The molecular formula is C20H36IN3O2S. The monoisotopic (exact) mass is 509 g/mol. The molecule has 0 aliphatic rings. The highest BCUT2D eigenvalue weighted by Crippen LogP contribution is 2.07. The van der Waals surface area contributed by atoms with Gasteiger partial charge in [0.25, 0.3) is 0 Å². The van der Waals surface area contributed by atoms with Crippen molar-refractivity contribution in [3.8, 4) is 0 Å². The number of aliphatic imine (C=N–C) groups is 1. The Bertz CT molecular complexity index is 621. The number of unbranched alkanes of at least 4 members (excludes halogenated alkanes) is 2. The summed E-state index contributed by atoms with van der Waals surface area (Å²) in [7, 11) is -3.09. The van der Waals surface area contributed by atoms with Crippen LogP contribution in [0.1, 0.15) is 58.4 Å². The van der Waals surface area contributed by atoms with Crippen molar-refractivity contribution in [2.45, 2.75) is 64.7 Å². The lowest BCUT2D eigenvalue weighted by Gasteiger charge is -2.17. The second kappa shape index (κ2) is 15.1. The first-order valence-electron chi connectivity index (χ1n) is 9.76. The van der Waals surface area contributed by atoms with Gasteiger partial charge in [-0.2, -0.15) is 0 Å². The van der Waals surface area contributed by atoms with E-state index >= 15 is 0 Å². The van der Waals surface area contributed by atoms with Crippen molar-refractivity contribution in [3.63, 3.8) is 0 Å². The Labute approximate surface area is 182 Å². The van der Waals surface area contributed by atoms with Crippen molar-refractivity contribution in [2.24, 2.45) is 4.99 Å². The highest BCUT2D eigenvalue weighted by molar-refractivity contribution is 14.0. The van der Waals surface area contributed by atoms with E-state index in [0.717, 1.165) is 24.5 Å². The molecule has 1 atom stereocenters. The summed E-state index contributed by atoms with van der Waals surface area (Å²) >= 11 is 0. The molecule has 5 nitrogen and oxygen atoms in total. The average Bonchev–Trinajstić information content (AvgIpc) is 2.59. The van der Waals surface area contributed by atoms with Crippen molar-refractivity contribution in [3.05, 3.63) is 35.9 Å². The second-order valence-electron chi connectivity index (χ2n) is 6.73. The van der Waals surface area contributed by atoms with Crippen LogP contribution >= 0.6 is 24.0 Å². The Hall–Kier alpha value is -0.830. The maximum Gasteiger partial charge on any atom is 0.191 e. The van der Waals surface area contributed by atoms with Gasteiger partial charge in [-0.25, -0.2) is 8.42 Å². The molecule has 0 aromatic heterocycles. The van der Waals surface area contributed by atoms with Gasteiger partial charge in [-0.1, -0.05) is 56.5 Å². The van der Waals surface area contributed by atoms with Crippen LogP contribution in [0.25, 0.3) is 0 Å². The molecular weight excluding hydrogens is 473 g/mol. The number of nitrogens with one attached hydrogen (secondary N) is 2. The first kappa shape index (κ1) is 26.2. The Morgan fingerprint density at radius 2 is 1.81 bits per heavy atom. The van der Waals surface area contributed by atoms with Gasteiger partial charge in [-0.05, 0) is 32.3 Å². The van der Waals surface area contributed by atoms with E-state index in [1.807, 2.05) is 37.3 Å². The highest BCUT2D eigenvalue weighted by Gasteiger charge is 2.11. The quantitative estimate of drug-likeness (QED) is 0.192. The van der Waals surface area contributed by atoms with Gasteiger partial charge in [0.15, 0.2) is 15.8 Å². The lowest BCUT2D eigenvalue weighted by molar-refractivity contribution is 0.546. The normalized spacial score (nSPS) is 12.9. The Kier molecular flexibility index (Phi) is 14.7. The van der Waals surface area contributed by atoms with Gasteiger partial charge >= 0.3 is 0 Å². The first-order chi connectivity index (χ1) is 12.5. The van der Waals surface area contributed by atoms with Gasteiger partial charge in [0.1, 0.15) is 0 Å². The number of rotatable bonds is 12. The van der Waals surface area contributed by atoms with Gasteiger partial charge in [0, 0.05) is 19.1 Å². The predicted molar refractivity (Wildman–Crippen MR) is 127 cm³/mol. The second-order valence-corrected chi connectivity index (χ2v) is 8.92. The largest absolute Gasteiger partial charge is 0.357 e. The lowest BCUT2D eigenvalue weighted by atomic mass is 10.1. The van der Waals surface area contributed by atoms with Crippen LogP contribution in [0.15, 0.2) is 35.3 Å². The molecule has 156 valence electrons. The Balaban J connectivity index is 0.00000676. The number of guanidine groups is 1. The van der Waals surface area contributed by atoms with E-state index in [4.69, 9.17) is 0 Å². The molecule has 0 aliphatic carbocycles. The van der Waals surface area contributed by atoms with Crippen molar-refractivity contribution in [2.75, 3.05) is 18.8 Å². The van der Waals surface area contributed by atoms with Gasteiger partial charge in [-0.15, -0.1) is 24.0 Å². The molecule has 1 rings (SSSR count). The van der Waals surface area contributed by atoms with E-state index in [9.17, 15) is 8.42 Å². The molecule has 27 heavy (non-hydrogen) atoms. The maximum atomic E-state index is 12.2. The molecule has 0 saturated heterocycles. The minimum absolute atomic E-state index is 0. The SMILES string of the molecule is CCCCCC(C)NC(=NCCCS(=O)(=O)Cc1ccccc1)NCC.I. The van der Waals surface area contributed by atoms with Crippen molar-refractivity contribution in [1.82, 2.24) is 10.6 Å². The smallest absolute Gasteiger partial charge is 0.191 e. The first-order valence-corrected chi connectivity index (χ1v) is 11.6. The average molecular weight is 509 g/mol. The van der Waals surface area contributed by atoms with Crippen LogP contribution in [-0.2, 0) is 15.6 Å². The molecule has 0 spiro atoms. The zero-order valence-corrected chi connectivity index (χ0v) is 20.1. The summed E-state index contributed by atoms with van der Waals surface area (Å²) < 4.78 is 24.4. The van der Waals surface area contributed by atoms with Crippen LogP contribution in [0.3, 0.4) is 0 Å². The van der Waals surface area contributed by atoms with Crippen LogP contribution < -0.4 is 10.6 Å². The Morgan fingerprint density at radius 1 is 1.11 bits per heavy atom. The standard InChI is InChI=1S/C20H35N3O2S.HI/c1-4-6-8-12-18(3)23-20(21-5-2)22-15-11-16-26(24,25)17-19-13-9-7-10-14-19;/h7,9-10,13-14,18H,4-6,8,11-12,15-17H2,1-3H3,(H2,21,22,23);1H. The van der Waals surface area contributed by atoms with Crippen molar-refractivity contribution >= 4 is 39.8 Å². The van der Waals surface area contributed by atoms with Crippen molar-refractivity contribution in [1.29, 1.82) is 0 Å². The summed E-state index contributed by atoms with van der Waals surface area (Å²) in [4.78, 5) is 4.52. The topological polar surface area (TPSA) is 70.6 Å². The van der Waals surface area contributed by atoms with Gasteiger partial charge in [0.2, 0.25) is 0 Å². The number of benzene rings is 1. The number of hydrogen-bond donors (Lipinski definition) is 2. The molecule has 0 saturated carbocycles. The molecule has 2 N–H and O–H groups in total. The molecule has 0 fully saturated rings. The molecule has 1 unspecified atom stereocenters. The van der Waals surface area contributed by atoms with Crippen LogP contribution in [0.4, 0.5) is 0 Å². The van der Waals surface area contributed by atoms with Crippen LogP contribution in [0, 0.1) is 0 Å². The van der Waals surface area contributed by atoms with Crippen LogP contribution in [-0.4, -0.2) is 39.3 Å². The lowest BCUT2D eigenvalue weighted by Crippen LogP contribution is -2.42. The number of nitrogens with zero attached hydrogens (tertiary/aromatic N) is 1. The molecule has 0 aliphatic heterocycles. The highest BCUT2D eigenvalue weighted by atomic mass is 127. The van der Waals surface area contributed by atoms with E-state index < -0.39 is 9.84 Å². The van der Waals surface area contributed by atoms with E-state index in [-0.39, 0.29) is 35.5 Å². The van der Waals surface area contributed by atoms with E-state index in [0.29, 0.717) is 19.0 Å². The van der Waals surface area contributed by atoms with E-state index in [1.165, 1.54) is 19.3 Å². The molecule has 0 bridgehead atoms. The van der Waals surface area contributed by atoms with Gasteiger partial charge in [-0.3, -0.25) is 4.99 Å². The maximum absolute atomic E-state index is 12.2. The zero-order valence-electron chi connectivity index (χ0n) is 16.9. The molecule has 0 radical (unpaired) electrons. The molecule has 7 heteroatoms. The summed E-state index contributed by atoms with van der Waals surface area (Å²) in [6.45, 7) is 7.69. The number of hydrogen-bond acceptors (Lipinski definition) is 3. The third-order valence-corrected chi connectivity index (χ3v) is 5.76.